The smallest absolute Gasteiger partial charge is 0.0531 e. The highest BCUT2D eigenvalue weighted by atomic mass is 15.1. The van der Waals surface area contributed by atoms with Crippen molar-refractivity contribution in [2.75, 3.05) is 13.6 Å². The summed E-state index contributed by atoms with van der Waals surface area (Å²) >= 11 is 0. The lowest BCUT2D eigenvalue weighted by atomic mass is 10.0. The maximum absolute atomic E-state index is 4.70. The average Bonchev–Trinajstić information content (AvgIpc) is 3.24. The van der Waals surface area contributed by atoms with Gasteiger partial charge in [0, 0.05) is 42.5 Å². The van der Waals surface area contributed by atoms with E-state index in [1.54, 1.807) is 11.3 Å². The van der Waals surface area contributed by atoms with Crippen LogP contribution in [0.4, 0.5) is 0 Å². The third-order valence-corrected chi connectivity index (χ3v) is 6.45. The second kappa shape index (κ2) is 6.49. The Morgan fingerprint density at radius 2 is 2.04 bits per heavy atom. The second-order valence-corrected chi connectivity index (χ2v) is 8.57. The zero-order valence-corrected chi connectivity index (χ0v) is 16.8. The quantitative estimate of drug-likeness (QED) is 0.729. The summed E-state index contributed by atoms with van der Waals surface area (Å²) in [5.41, 5.74) is 10.3. The van der Waals surface area contributed by atoms with Gasteiger partial charge in [-0.1, -0.05) is 17.7 Å². The molecule has 0 N–H and O–H groups in total. The van der Waals surface area contributed by atoms with Gasteiger partial charge in [-0.25, -0.2) is 0 Å². The molecule has 0 bridgehead atoms. The minimum atomic E-state index is 0.429. The van der Waals surface area contributed by atoms with E-state index in [1.807, 2.05) is 0 Å². The Balaban J connectivity index is 1.73. The molecule has 1 aromatic carbocycles. The van der Waals surface area contributed by atoms with Crippen LogP contribution in [0, 0.1) is 6.92 Å². The van der Waals surface area contributed by atoms with Crippen LogP contribution in [0.5, 0.6) is 0 Å². The summed E-state index contributed by atoms with van der Waals surface area (Å²) in [4.78, 5) is 7.15. The van der Waals surface area contributed by atoms with E-state index >= 15 is 0 Å². The van der Waals surface area contributed by atoms with Gasteiger partial charge in [0.15, 0.2) is 0 Å². The molecule has 3 heterocycles. The van der Waals surface area contributed by atoms with E-state index in [-0.39, 0.29) is 0 Å². The van der Waals surface area contributed by atoms with E-state index in [0.717, 1.165) is 25.9 Å². The van der Waals surface area contributed by atoms with Crippen LogP contribution in [0.15, 0.2) is 40.4 Å². The molecular weight excluding hydrogens is 330 g/mol. The first-order valence-electron chi connectivity index (χ1n) is 10.4. The Morgan fingerprint density at radius 1 is 1.15 bits per heavy atom. The number of aliphatic imine (C=N–C) groups is 1. The molecule has 2 aliphatic heterocycles. The van der Waals surface area contributed by atoms with Crippen molar-refractivity contribution in [2.24, 2.45) is 4.99 Å². The zero-order chi connectivity index (χ0) is 18.5. The molecule has 3 nitrogen and oxygen atoms in total. The number of dihydropyridines is 1. The molecule has 140 valence electrons. The van der Waals surface area contributed by atoms with Gasteiger partial charge in [0.05, 0.1) is 11.6 Å². The summed E-state index contributed by atoms with van der Waals surface area (Å²) in [6.45, 7) is 6.61. The van der Waals surface area contributed by atoms with Crippen LogP contribution in [0.2, 0.25) is 0 Å². The Labute approximate surface area is 162 Å². The van der Waals surface area contributed by atoms with Crippen molar-refractivity contribution in [1.82, 2.24) is 9.47 Å². The highest BCUT2D eigenvalue weighted by molar-refractivity contribution is 5.93. The van der Waals surface area contributed by atoms with E-state index < -0.39 is 0 Å². The fraction of sp³-hybridized carbons (Fsp3) is 0.458. The lowest BCUT2D eigenvalue weighted by Gasteiger charge is -2.25. The lowest BCUT2D eigenvalue weighted by Crippen LogP contribution is -2.27. The number of hydrogen-bond acceptors (Lipinski definition) is 2. The number of aryl methyl sites for hydroxylation is 1. The molecule has 1 aromatic heterocycles. The molecule has 27 heavy (non-hydrogen) atoms. The highest BCUT2D eigenvalue weighted by Gasteiger charge is 2.27. The van der Waals surface area contributed by atoms with Gasteiger partial charge in [0.25, 0.3) is 0 Å². The highest BCUT2D eigenvalue weighted by Crippen LogP contribution is 2.41. The van der Waals surface area contributed by atoms with Gasteiger partial charge >= 0.3 is 0 Å². The van der Waals surface area contributed by atoms with Gasteiger partial charge < -0.3 is 9.47 Å². The van der Waals surface area contributed by atoms with E-state index in [9.17, 15) is 0 Å². The minimum absolute atomic E-state index is 0.429. The van der Waals surface area contributed by atoms with Gasteiger partial charge in [0.1, 0.15) is 0 Å². The van der Waals surface area contributed by atoms with Gasteiger partial charge in [0.2, 0.25) is 0 Å². The third kappa shape index (κ3) is 2.80. The van der Waals surface area contributed by atoms with E-state index in [0.29, 0.717) is 6.04 Å². The third-order valence-electron chi connectivity index (χ3n) is 6.45. The van der Waals surface area contributed by atoms with Crippen molar-refractivity contribution in [1.29, 1.82) is 0 Å². The SMILES string of the molecule is Cc1ccc2c(c1)c1c(n2C2=C(C3=CCC(C)N=C3)CCC2)CCN(C)C1. The first-order chi connectivity index (χ1) is 13.1. The molecule has 0 spiro atoms. The van der Waals surface area contributed by atoms with Crippen molar-refractivity contribution in [3.8, 4) is 0 Å². The summed E-state index contributed by atoms with van der Waals surface area (Å²) in [5, 5.41) is 1.45. The predicted molar refractivity (Wildman–Crippen MR) is 114 cm³/mol. The summed E-state index contributed by atoms with van der Waals surface area (Å²) < 4.78 is 2.63. The van der Waals surface area contributed by atoms with E-state index in [4.69, 9.17) is 4.99 Å². The Morgan fingerprint density at radius 3 is 2.85 bits per heavy atom. The number of rotatable bonds is 2. The summed E-state index contributed by atoms with van der Waals surface area (Å²) in [7, 11) is 2.24. The van der Waals surface area contributed by atoms with Gasteiger partial charge in [-0.15, -0.1) is 0 Å². The van der Waals surface area contributed by atoms with Gasteiger partial charge in [-0.3, -0.25) is 4.99 Å². The molecule has 1 atom stereocenters. The van der Waals surface area contributed by atoms with Crippen LogP contribution in [0.3, 0.4) is 0 Å². The topological polar surface area (TPSA) is 20.5 Å². The number of fused-ring (bicyclic) bond motifs is 3. The first kappa shape index (κ1) is 17.0. The van der Waals surface area contributed by atoms with Crippen LogP contribution in [-0.2, 0) is 13.0 Å². The monoisotopic (exact) mass is 359 g/mol. The lowest BCUT2D eigenvalue weighted by molar-refractivity contribution is 0.311. The van der Waals surface area contributed by atoms with Crippen molar-refractivity contribution < 1.29 is 0 Å². The molecule has 1 unspecified atom stereocenters. The Kier molecular flexibility index (Phi) is 4.08. The second-order valence-electron chi connectivity index (χ2n) is 8.57. The number of likely N-dealkylation sites (N-methyl/N-ethyl adjacent to an activating group) is 1. The number of aromatic nitrogens is 1. The predicted octanol–water partition coefficient (Wildman–Crippen LogP) is 5.12. The molecule has 0 saturated carbocycles. The molecule has 0 saturated heterocycles. The summed E-state index contributed by atoms with van der Waals surface area (Å²) in [6.07, 6.45) is 10.4. The maximum atomic E-state index is 4.70. The number of hydrogen-bond donors (Lipinski definition) is 0. The fourth-order valence-corrected chi connectivity index (χ4v) is 5.02. The van der Waals surface area contributed by atoms with Crippen LogP contribution < -0.4 is 0 Å². The molecular formula is C24H29N3. The van der Waals surface area contributed by atoms with Crippen LogP contribution >= 0.6 is 0 Å². The van der Waals surface area contributed by atoms with Gasteiger partial charge in [-0.05, 0) is 75.4 Å². The van der Waals surface area contributed by atoms with Crippen LogP contribution in [-0.4, -0.2) is 35.3 Å². The minimum Gasteiger partial charge on any atom is -0.317 e. The average molecular weight is 360 g/mol. The Hall–Kier alpha value is -2.13. The maximum Gasteiger partial charge on any atom is 0.0531 e. The largest absolute Gasteiger partial charge is 0.317 e. The molecule has 0 radical (unpaired) electrons. The molecule has 5 rings (SSSR count). The summed E-state index contributed by atoms with van der Waals surface area (Å²) in [5.74, 6) is 0. The van der Waals surface area contributed by atoms with Crippen LogP contribution in [0.25, 0.3) is 16.6 Å². The standard InChI is InChI=1S/C24H29N3/c1-16-7-10-23-20(13-16)21-15-26(3)12-11-24(21)27(23)22-6-4-5-19(22)18-9-8-17(2)25-14-18/h7,9-10,13-14,17H,4-6,8,11-12,15H2,1-3H3. The number of nitrogens with zero attached hydrogens (tertiary/aromatic N) is 3. The van der Waals surface area contributed by atoms with Crippen LogP contribution in [0.1, 0.15) is 49.4 Å². The molecule has 1 aliphatic carbocycles. The molecule has 3 heteroatoms. The summed E-state index contributed by atoms with van der Waals surface area (Å²) in [6, 6.07) is 7.43. The first-order valence-corrected chi connectivity index (χ1v) is 10.4. The van der Waals surface area contributed by atoms with Gasteiger partial charge in [-0.2, -0.15) is 0 Å². The van der Waals surface area contributed by atoms with E-state index in [1.165, 1.54) is 52.6 Å². The zero-order valence-electron chi connectivity index (χ0n) is 16.8. The van der Waals surface area contributed by atoms with Crippen molar-refractivity contribution in [3.63, 3.8) is 0 Å². The van der Waals surface area contributed by atoms with Crippen molar-refractivity contribution in [2.45, 2.75) is 58.5 Å². The molecule has 3 aliphatic rings. The van der Waals surface area contributed by atoms with E-state index in [2.05, 4.69) is 60.9 Å². The van der Waals surface area contributed by atoms with Crippen molar-refractivity contribution >= 4 is 22.8 Å². The molecule has 0 amide bonds. The Bertz CT molecular complexity index is 1000. The normalized spacial score (nSPS) is 23.2. The number of benzene rings is 1. The molecule has 2 aromatic rings. The number of allylic oxidation sites excluding steroid dienone is 3. The van der Waals surface area contributed by atoms with Crippen molar-refractivity contribution in [3.05, 3.63) is 52.2 Å². The fourth-order valence-electron chi connectivity index (χ4n) is 5.02. The molecule has 0 fully saturated rings.